The summed E-state index contributed by atoms with van der Waals surface area (Å²) in [5.41, 5.74) is 1.42. The second-order valence-corrected chi connectivity index (χ2v) is 6.26. The van der Waals surface area contributed by atoms with E-state index in [-0.39, 0.29) is 5.92 Å². The molecule has 2 fully saturated rings. The largest absolute Gasteiger partial charge is 0.378 e. The summed E-state index contributed by atoms with van der Waals surface area (Å²) in [5.74, 6) is 1.19. The van der Waals surface area contributed by atoms with Gasteiger partial charge in [0.25, 0.3) is 0 Å². The molecule has 3 heteroatoms. The van der Waals surface area contributed by atoms with Crippen LogP contribution in [0, 0.1) is 5.92 Å². The van der Waals surface area contributed by atoms with Gasteiger partial charge in [-0.15, -0.1) is 0 Å². The van der Waals surface area contributed by atoms with Gasteiger partial charge in [0, 0.05) is 25.6 Å². The van der Waals surface area contributed by atoms with E-state index in [4.69, 9.17) is 4.74 Å². The molecule has 0 radical (unpaired) electrons. The Labute approximate surface area is 127 Å². The Kier molecular flexibility index (Phi) is 4.59. The summed E-state index contributed by atoms with van der Waals surface area (Å²) in [4.78, 5) is 14.5. The molecule has 3 nitrogen and oxygen atoms in total. The van der Waals surface area contributed by atoms with Gasteiger partial charge in [-0.25, -0.2) is 0 Å². The van der Waals surface area contributed by atoms with E-state index in [2.05, 4.69) is 35.2 Å². The molecule has 1 saturated carbocycles. The molecule has 1 aromatic carbocycles. The van der Waals surface area contributed by atoms with Crippen LogP contribution in [0.3, 0.4) is 0 Å². The number of ether oxygens (including phenoxy) is 1. The van der Waals surface area contributed by atoms with Crippen LogP contribution in [0.25, 0.3) is 0 Å². The fraction of sp³-hybridized carbons (Fsp3) is 0.611. The van der Waals surface area contributed by atoms with Crippen molar-refractivity contribution in [1.29, 1.82) is 0 Å². The van der Waals surface area contributed by atoms with Crippen LogP contribution in [0.1, 0.15) is 44.1 Å². The number of amides is 1. The summed E-state index contributed by atoms with van der Waals surface area (Å²) in [5, 5.41) is 0. The minimum atomic E-state index is 0.217. The first-order valence-electron chi connectivity index (χ1n) is 8.23. The lowest BCUT2D eigenvalue weighted by Crippen LogP contribution is -2.47. The lowest BCUT2D eigenvalue weighted by molar-refractivity contribution is -0.145. The smallest absolute Gasteiger partial charge is 0.225 e. The van der Waals surface area contributed by atoms with Crippen molar-refractivity contribution >= 4 is 5.91 Å². The van der Waals surface area contributed by atoms with E-state index in [1.54, 1.807) is 0 Å². The van der Waals surface area contributed by atoms with Gasteiger partial charge in [0.05, 0.1) is 6.10 Å². The maximum Gasteiger partial charge on any atom is 0.225 e. The van der Waals surface area contributed by atoms with Gasteiger partial charge >= 0.3 is 0 Å². The molecule has 0 spiro atoms. The van der Waals surface area contributed by atoms with Crippen LogP contribution in [-0.2, 0) is 9.53 Å². The normalized spacial score (nSPS) is 26.4. The SMILES string of the molecule is CCOC1CC(C(=O)N2CCC(c3ccccc3)CC2)C1. The number of carbonyl (C=O) groups is 1. The summed E-state index contributed by atoms with van der Waals surface area (Å²) in [6.45, 7) is 4.60. The van der Waals surface area contributed by atoms with Crippen molar-refractivity contribution in [2.24, 2.45) is 5.92 Å². The van der Waals surface area contributed by atoms with Gasteiger partial charge in [-0.2, -0.15) is 0 Å². The minimum absolute atomic E-state index is 0.217. The number of likely N-dealkylation sites (tertiary alicyclic amines) is 1. The lowest BCUT2D eigenvalue weighted by Gasteiger charge is -2.39. The van der Waals surface area contributed by atoms with Crippen LogP contribution >= 0.6 is 0 Å². The van der Waals surface area contributed by atoms with E-state index in [0.29, 0.717) is 17.9 Å². The Hall–Kier alpha value is -1.35. The molecule has 1 saturated heterocycles. The third-order valence-corrected chi connectivity index (χ3v) is 4.92. The number of hydrogen-bond donors (Lipinski definition) is 0. The molecule has 1 heterocycles. The average molecular weight is 287 g/mol. The highest BCUT2D eigenvalue weighted by Crippen LogP contribution is 2.34. The summed E-state index contributed by atoms with van der Waals surface area (Å²) in [6.07, 6.45) is 4.36. The molecule has 0 N–H and O–H groups in total. The monoisotopic (exact) mass is 287 g/mol. The van der Waals surface area contributed by atoms with Crippen molar-refractivity contribution in [3.63, 3.8) is 0 Å². The van der Waals surface area contributed by atoms with E-state index in [9.17, 15) is 4.79 Å². The van der Waals surface area contributed by atoms with E-state index >= 15 is 0 Å². The van der Waals surface area contributed by atoms with Crippen LogP contribution in [-0.4, -0.2) is 36.6 Å². The molecular formula is C18H25NO2. The maximum atomic E-state index is 12.4. The van der Waals surface area contributed by atoms with Gasteiger partial charge in [0.2, 0.25) is 5.91 Å². The molecule has 0 atom stereocenters. The minimum Gasteiger partial charge on any atom is -0.378 e. The summed E-state index contributed by atoms with van der Waals surface area (Å²) >= 11 is 0. The highest BCUT2D eigenvalue weighted by Gasteiger charge is 2.38. The predicted octanol–water partition coefficient (Wildman–Crippen LogP) is 3.21. The van der Waals surface area contributed by atoms with Gasteiger partial charge in [-0.1, -0.05) is 30.3 Å². The summed E-state index contributed by atoms with van der Waals surface area (Å²) in [7, 11) is 0. The Balaban J connectivity index is 1.47. The van der Waals surface area contributed by atoms with E-state index < -0.39 is 0 Å². The van der Waals surface area contributed by atoms with Crippen LogP contribution in [0.4, 0.5) is 0 Å². The quantitative estimate of drug-likeness (QED) is 0.851. The first-order valence-corrected chi connectivity index (χ1v) is 8.23. The number of carbonyl (C=O) groups excluding carboxylic acids is 1. The highest BCUT2D eigenvalue weighted by atomic mass is 16.5. The van der Waals surface area contributed by atoms with E-state index in [1.807, 2.05) is 6.92 Å². The third kappa shape index (κ3) is 3.29. The van der Waals surface area contributed by atoms with E-state index in [1.165, 1.54) is 5.56 Å². The molecule has 3 rings (SSSR count). The average Bonchev–Trinajstić information content (AvgIpc) is 2.51. The second-order valence-electron chi connectivity index (χ2n) is 6.26. The zero-order chi connectivity index (χ0) is 14.7. The van der Waals surface area contributed by atoms with E-state index in [0.717, 1.165) is 45.4 Å². The van der Waals surface area contributed by atoms with Crippen LogP contribution in [0.2, 0.25) is 0 Å². The zero-order valence-corrected chi connectivity index (χ0v) is 12.8. The van der Waals surface area contributed by atoms with Crippen molar-refractivity contribution in [3.8, 4) is 0 Å². The molecule has 1 aromatic rings. The number of piperidine rings is 1. The Bertz CT molecular complexity index is 459. The molecule has 114 valence electrons. The Morgan fingerprint density at radius 3 is 2.48 bits per heavy atom. The molecule has 1 aliphatic carbocycles. The van der Waals surface area contributed by atoms with Crippen molar-refractivity contribution in [2.75, 3.05) is 19.7 Å². The molecule has 0 aromatic heterocycles. The van der Waals surface area contributed by atoms with Gasteiger partial charge < -0.3 is 9.64 Å². The fourth-order valence-electron chi connectivity index (χ4n) is 3.56. The number of hydrogen-bond acceptors (Lipinski definition) is 2. The Morgan fingerprint density at radius 2 is 1.86 bits per heavy atom. The Morgan fingerprint density at radius 1 is 1.19 bits per heavy atom. The van der Waals surface area contributed by atoms with Gasteiger partial charge in [0.15, 0.2) is 0 Å². The fourth-order valence-corrected chi connectivity index (χ4v) is 3.56. The first kappa shape index (κ1) is 14.6. The van der Waals surface area contributed by atoms with Crippen molar-refractivity contribution in [2.45, 2.75) is 44.6 Å². The van der Waals surface area contributed by atoms with Crippen LogP contribution in [0.15, 0.2) is 30.3 Å². The predicted molar refractivity (Wildman–Crippen MR) is 83.1 cm³/mol. The first-order chi connectivity index (χ1) is 10.3. The van der Waals surface area contributed by atoms with Gasteiger partial charge in [0.1, 0.15) is 0 Å². The molecule has 21 heavy (non-hydrogen) atoms. The molecule has 0 bridgehead atoms. The van der Waals surface area contributed by atoms with Gasteiger partial charge in [-0.05, 0) is 44.1 Å². The molecule has 1 aliphatic heterocycles. The molecule has 0 unspecified atom stereocenters. The topological polar surface area (TPSA) is 29.5 Å². The van der Waals surface area contributed by atoms with Gasteiger partial charge in [-0.3, -0.25) is 4.79 Å². The van der Waals surface area contributed by atoms with Crippen molar-refractivity contribution in [3.05, 3.63) is 35.9 Å². The van der Waals surface area contributed by atoms with Crippen molar-refractivity contribution < 1.29 is 9.53 Å². The summed E-state index contributed by atoms with van der Waals surface area (Å²) in [6, 6.07) is 10.7. The zero-order valence-electron chi connectivity index (χ0n) is 12.8. The number of benzene rings is 1. The third-order valence-electron chi connectivity index (χ3n) is 4.92. The molecular weight excluding hydrogens is 262 g/mol. The van der Waals surface area contributed by atoms with Crippen molar-refractivity contribution in [1.82, 2.24) is 4.90 Å². The standard InChI is InChI=1S/C18H25NO2/c1-2-21-17-12-16(13-17)18(20)19-10-8-15(9-11-19)14-6-4-3-5-7-14/h3-7,15-17H,2,8-13H2,1H3. The highest BCUT2D eigenvalue weighted by molar-refractivity contribution is 5.80. The van der Waals surface area contributed by atoms with Crippen LogP contribution in [0.5, 0.6) is 0 Å². The maximum absolute atomic E-state index is 12.4. The number of nitrogens with zero attached hydrogens (tertiary/aromatic N) is 1. The van der Waals surface area contributed by atoms with Crippen LogP contribution < -0.4 is 0 Å². The number of rotatable bonds is 4. The molecule has 1 amide bonds. The second kappa shape index (κ2) is 6.61. The lowest BCUT2D eigenvalue weighted by atomic mass is 9.80. The molecule has 2 aliphatic rings. The summed E-state index contributed by atoms with van der Waals surface area (Å²) < 4.78 is 5.55.